The Labute approximate surface area is 103 Å². The first kappa shape index (κ1) is 12.0. The smallest absolute Gasteiger partial charge is 0.132 e. The molecular formula is C9H7N3O3S2-2. The van der Waals surface area contributed by atoms with E-state index in [1.54, 1.807) is 11.5 Å². The van der Waals surface area contributed by atoms with Crippen LogP contribution in [-0.2, 0) is 22.7 Å². The summed E-state index contributed by atoms with van der Waals surface area (Å²) in [6.07, 6.45) is 0. The summed E-state index contributed by atoms with van der Waals surface area (Å²) in [5.74, 6) is 0.590. The van der Waals surface area contributed by atoms with Crippen LogP contribution >= 0.6 is 0 Å². The van der Waals surface area contributed by atoms with Gasteiger partial charge in [-0.3, -0.25) is 0 Å². The molecule has 0 amide bonds. The topological polar surface area (TPSA) is 87.9 Å². The summed E-state index contributed by atoms with van der Waals surface area (Å²) >= 11 is 4.97. The second-order valence-corrected chi connectivity index (χ2v) is 5.06. The molecular weight excluding hydrogens is 262 g/mol. The van der Waals surface area contributed by atoms with Crippen molar-refractivity contribution < 1.29 is 13.0 Å². The van der Waals surface area contributed by atoms with Crippen LogP contribution in [0.1, 0.15) is 5.82 Å². The molecule has 0 aliphatic carbocycles. The second kappa shape index (κ2) is 4.06. The third kappa shape index (κ3) is 2.28. The zero-order chi connectivity index (χ0) is 12.6. The van der Waals surface area contributed by atoms with E-state index in [4.69, 9.17) is 12.6 Å². The van der Waals surface area contributed by atoms with Gasteiger partial charge in [-0.15, -0.1) is 5.10 Å². The molecule has 0 bridgehead atoms. The quantitative estimate of drug-likeness (QED) is 0.578. The van der Waals surface area contributed by atoms with E-state index in [2.05, 4.69) is 10.2 Å². The highest BCUT2D eigenvalue weighted by molar-refractivity contribution is 7.85. The molecule has 0 radical (unpaired) electrons. The molecule has 0 unspecified atom stereocenters. The van der Waals surface area contributed by atoms with Gasteiger partial charge >= 0.3 is 0 Å². The molecule has 0 fully saturated rings. The Morgan fingerprint density at radius 3 is 2.24 bits per heavy atom. The van der Waals surface area contributed by atoms with Gasteiger partial charge in [0.25, 0.3) is 0 Å². The number of aromatic nitrogens is 3. The highest BCUT2D eigenvalue weighted by atomic mass is 32.2. The first-order chi connectivity index (χ1) is 7.89. The van der Waals surface area contributed by atoms with Crippen LogP contribution in [0.3, 0.4) is 0 Å². The molecule has 0 N–H and O–H groups in total. The van der Waals surface area contributed by atoms with Gasteiger partial charge in [0.1, 0.15) is 15.9 Å². The van der Waals surface area contributed by atoms with Gasteiger partial charge in [-0.1, -0.05) is 0 Å². The van der Waals surface area contributed by atoms with Crippen molar-refractivity contribution in [3.05, 3.63) is 30.1 Å². The van der Waals surface area contributed by atoms with Crippen LogP contribution in [0.4, 0.5) is 0 Å². The number of hydrogen-bond donors (Lipinski definition) is 0. The van der Waals surface area contributed by atoms with Gasteiger partial charge in [-0.25, -0.2) is 8.42 Å². The van der Waals surface area contributed by atoms with Crippen molar-refractivity contribution in [1.82, 2.24) is 14.8 Å². The number of aryl methyl sites for hydroxylation is 1. The first-order valence-electron chi connectivity index (χ1n) is 4.55. The van der Waals surface area contributed by atoms with Crippen LogP contribution in [0.15, 0.2) is 34.3 Å². The van der Waals surface area contributed by atoms with Crippen LogP contribution in [0.2, 0.25) is 0 Å². The standard InChI is InChI=1S/C9H9N3O3S2/c1-6-10-11-9(16)12(6)7-2-4-8(5-3-7)17(13,14)15/h2-5H,1H3,(H,11,16)(H,13,14,15)/p-2. The predicted octanol–water partition coefficient (Wildman–Crippen LogP) is 0.386. The van der Waals surface area contributed by atoms with Crippen molar-refractivity contribution in [3.8, 4) is 5.69 Å². The molecule has 0 aliphatic rings. The molecule has 1 aromatic carbocycles. The maximum Gasteiger partial charge on any atom is 0.132 e. The molecule has 1 heterocycles. The maximum absolute atomic E-state index is 10.8. The maximum atomic E-state index is 10.8. The van der Waals surface area contributed by atoms with Crippen molar-refractivity contribution >= 4 is 22.7 Å². The Balaban J connectivity index is 2.50. The van der Waals surface area contributed by atoms with Crippen molar-refractivity contribution in [3.63, 3.8) is 0 Å². The Morgan fingerprint density at radius 1 is 1.24 bits per heavy atom. The number of rotatable bonds is 2. The molecule has 2 rings (SSSR count). The van der Waals surface area contributed by atoms with Gasteiger partial charge < -0.3 is 21.7 Å². The Morgan fingerprint density at radius 2 is 1.82 bits per heavy atom. The van der Waals surface area contributed by atoms with Gasteiger partial charge in [0.2, 0.25) is 0 Å². The van der Waals surface area contributed by atoms with Crippen LogP contribution in [-0.4, -0.2) is 27.7 Å². The summed E-state index contributed by atoms with van der Waals surface area (Å²) < 4.78 is 33.9. The molecule has 0 spiro atoms. The summed E-state index contributed by atoms with van der Waals surface area (Å²) in [6, 6.07) is 5.42. The fourth-order valence-corrected chi connectivity index (χ4v) is 2.15. The Kier molecular flexibility index (Phi) is 2.86. The molecule has 17 heavy (non-hydrogen) atoms. The van der Waals surface area contributed by atoms with Gasteiger partial charge in [-0.05, 0) is 31.2 Å². The number of nitrogens with zero attached hydrogens (tertiary/aromatic N) is 3. The summed E-state index contributed by atoms with van der Waals surface area (Å²) in [4.78, 5) is -0.280. The molecule has 2 aromatic rings. The number of benzene rings is 1. The fraction of sp³-hybridized carbons (Fsp3) is 0.111. The highest BCUT2D eigenvalue weighted by Crippen LogP contribution is 2.16. The first-order valence-corrected chi connectivity index (χ1v) is 6.36. The lowest BCUT2D eigenvalue weighted by atomic mass is 10.3. The minimum absolute atomic E-state index is 0.278. The van der Waals surface area contributed by atoms with Crippen molar-refractivity contribution in [1.29, 1.82) is 0 Å². The van der Waals surface area contributed by atoms with E-state index in [0.29, 0.717) is 11.5 Å². The average molecular weight is 269 g/mol. The normalized spacial score (nSPS) is 11.6. The van der Waals surface area contributed by atoms with Gasteiger partial charge in [0, 0.05) is 10.8 Å². The fourth-order valence-electron chi connectivity index (χ4n) is 1.40. The summed E-state index contributed by atoms with van der Waals surface area (Å²) in [5.41, 5.74) is 0.616. The van der Waals surface area contributed by atoms with E-state index < -0.39 is 10.1 Å². The van der Waals surface area contributed by atoms with E-state index in [9.17, 15) is 13.0 Å². The molecule has 6 nitrogen and oxygen atoms in total. The third-order valence-corrected chi connectivity index (χ3v) is 3.29. The SMILES string of the molecule is Cc1nnc([S-])n1-c1ccc(S(=O)(=O)[O-])cc1. The van der Waals surface area contributed by atoms with Crippen LogP contribution in [0.5, 0.6) is 0 Å². The van der Waals surface area contributed by atoms with E-state index in [1.807, 2.05) is 0 Å². The van der Waals surface area contributed by atoms with Gasteiger partial charge in [-0.2, -0.15) is 5.10 Å². The van der Waals surface area contributed by atoms with E-state index in [0.717, 1.165) is 0 Å². The van der Waals surface area contributed by atoms with Crippen LogP contribution in [0, 0.1) is 6.92 Å². The summed E-state index contributed by atoms with van der Waals surface area (Å²) in [5, 5.41) is 7.78. The largest absolute Gasteiger partial charge is 0.744 e. The van der Waals surface area contributed by atoms with E-state index in [-0.39, 0.29) is 10.1 Å². The van der Waals surface area contributed by atoms with E-state index >= 15 is 0 Å². The van der Waals surface area contributed by atoms with Crippen molar-refractivity contribution in [2.45, 2.75) is 17.0 Å². The minimum Gasteiger partial charge on any atom is -0.744 e. The molecule has 90 valence electrons. The molecule has 0 saturated heterocycles. The van der Waals surface area contributed by atoms with Crippen LogP contribution < -0.4 is 0 Å². The molecule has 8 heteroatoms. The zero-order valence-electron chi connectivity index (χ0n) is 8.69. The second-order valence-electron chi connectivity index (χ2n) is 3.31. The lowest BCUT2D eigenvalue weighted by molar-refractivity contribution is 0.463. The summed E-state index contributed by atoms with van der Waals surface area (Å²) in [7, 11) is -4.43. The average Bonchev–Trinajstić information content (AvgIpc) is 2.58. The monoisotopic (exact) mass is 269 g/mol. The molecule has 0 saturated carbocycles. The summed E-state index contributed by atoms with van der Waals surface area (Å²) in [6.45, 7) is 1.72. The van der Waals surface area contributed by atoms with Crippen molar-refractivity contribution in [2.24, 2.45) is 0 Å². The molecule has 0 aliphatic heterocycles. The number of hydrogen-bond acceptors (Lipinski definition) is 6. The Hall–Kier alpha value is -1.51. The lowest BCUT2D eigenvalue weighted by Crippen LogP contribution is -2.02. The minimum atomic E-state index is -4.43. The predicted molar refractivity (Wildman–Crippen MR) is 59.7 cm³/mol. The Bertz CT molecular complexity index is 627. The molecule has 0 atom stereocenters. The molecule has 1 aromatic heterocycles. The highest BCUT2D eigenvalue weighted by Gasteiger charge is 2.05. The lowest BCUT2D eigenvalue weighted by Gasteiger charge is -2.13. The van der Waals surface area contributed by atoms with E-state index in [1.165, 1.54) is 24.3 Å². The third-order valence-electron chi connectivity index (χ3n) is 2.18. The zero-order valence-corrected chi connectivity index (χ0v) is 10.3. The van der Waals surface area contributed by atoms with Crippen molar-refractivity contribution in [2.75, 3.05) is 0 Å². The van der Waals surface area contributed by atoms with Gasteiger partial charge in [0.05, 0.1) is 4.90 Å². The van der Waals surface area contributed by atoms with Gasteiger partial charge in [0.15, 0.2) is 0 Å². The van der Waals surface area contributed by atoms with Crippen LogP contribution in [0.25, 0.3) is 5.69 Å².